The zero-order chi connectivity index (χ0) is 12.1. The van der Waals surface area contributed by atoms with E-state index in [1.807, 2.05) is 6.07 Å². The normalized spacial score (nSPS) is 10.7. The summed E-state index contributed by atoms with van der Waals surface area (Å²) in [5, 5.41) is 5.40. The Kier molecular flexibility index (Phi) is 4.71. The van der Waals surface area contributed by atoms with Gasteiger partial charge in [0.25, 0.3) is 0 Å². The van der Waals surface area contributed by atoms with Crippen LogP contribution >= 0.6 is 27.3 Å². The summed E-state index contributed by atoms with van der Waals surface area (Å²) in [7, 11) is 0. The number of halogens is 2. The van der Waals surface area contributed by atoms with Gasteiger partial charge in [-0.15, -0.1) is 11.3 Å². The Morgan fingerprint density at radius 3 is 2.88 bits per heavy atom. The fourth-order valence-electron chi connectivity index (χ4n) is 1.57. The maximum absolute atomic E-state index is 13.2. The molecule has 0 atom stereocenters. The van der Waals surface area contributed by atoms with Crippen LogP contribution in [0, 0.1) is 5.82 Å². The molecule has 0 aliphatic heterocycles. The fourth-order valence-corrected chi connectivity index (χ4v) is 2.69. The molecule has 0 bridgehead atoms. The van der Waals surface area contributed by atoms with E-state index in [1.54, 1.807) is 17.4 Å². The van der Waals surface area contributed by atoms with Crippen LogP contribution in [0.25, 0.3) is 0 Å². The van der Waals surface area contributed by atoms with Gasteiger partial charge in [0, 0.05) is 18.0 Å². The summed E-state index contributed by atoms with van der Waals surface area (Å²) in [6.07, 6.45) is 1.02. The van der Waals surface area contributed by atoms with Crippen molar-refractivity contribution in [1.82, 2.24) is 5.32 Å². The Balaban J connectivity index is 1.80. The second-order valence-electron chi connectivity index (χ2n) is 3.72. The lowest BCUT2D eigenvalue weighted by molar-refractivity contribution is 0.612. The summed E-state index contributed by atoms with van der Waals surface area (Å²) in [6.45, 7) is 1.59. The van der Waals surface area contributed by atoms with Gasteiger partial charge in [0.1, 0.15) is 5.82 Å². The largest absolute Gasteiger partial charge is 0.312 e. The number of hydrogen-bond donors (Lipinski definition) is 1. The Morgan fingerprint density at radius 1 is 1.24 bits per heavy atom. The van der Waals surface area contributed by atoms with Crippen LogP contribution in [0.2, 0.25) is 0 Å². The van der Waals surface area contributed by atoms with Crippen LogP contribution in [0.1, 0.15) is 10.4 Å². The molecule has 4 heteroatoms. The molecule has 0 radical (unpaired) electrons. The summed E-state index contributed by atoms with van der Waals surface area (Å²) < 4.78 is 13.8. The van der Waals surface area contributed by atoms with E-state index < -0.39 is 0 Å². The predicted octanol–water partition coefficient (Wildman–Crippen LogP) is 3.98. The third-order valence-corrected chi connectivity index (χ3v) is 4.30. The van der Waals surface area contributed by atoms with Crippen molar-refractivity contribution in [3.05, 3.63) is 56.4 Å². The van der Waals surface area contributed by atoms with Crippen LogP contribution in [0.3, 0.4) is 0 Å². The van der Waals surface area contributed by atoms with Gasteiger partial charge in [0.2, 0.25) is 0 Å². The number of hydrogen-bond acceptors (Lipinski definition) is 2. The number of rotatable bonds is 5. The van der Waals surface area contributed by atoms with Gasteiger partial charge in [-0.25, -0.2) is 4.39 Å². The average molecular weight is 314 g/mol. The van der Waals surface area contributed by atoms with E-state index in [0.29, 0.717) is 11.0 Å². The van der Waals surface area contributed by atoms with Crippen LogP contribution in [-0.2, 0) is 13.0 Å². The van der Waals surface area contributed by atoms with Crippen molar-refractivity contribution in [2.24, 2.45) is 0 Å². The van der Waals surface area contributed by atoms with E-state index in [1.165, 1.54) is 10.9 Å². The molecule has 0 saturated heterocycles. The molecule has 1 aromatic carbocycles. The van der Waals surface area contributed by atoms with Crippen molar-refractivity contribution in [1.29, 1.82) is 0 Å². The van der Waals surface area contributed by atoms with E-state index >= 15 is 0 Å². The third kappa shape index (κ3) is 3.63. The molecule has 0 aliphatic carbocycles. The first-order chi connectivity index (χ1) is 8.27. The van der Waals surface area contributed by atoms with Crippen molar-refractivity contribution in [2.75, 3.05) is 6.54 Å². The molecule has 0 fully saturated rings. The molecule has 90 valence electrons. The SMILES string of the molecule is Fc1cccc(CNCCc2cccs2)c1Br. The van der Waals surface area contributed by atoms with Crippen molar-refractivity contribution in [3.8, 4) is 0 Å². The first-order valence-electron chi connectivity index (χ1n) is 5.43. The van der Waals surface area contributed by atoms with Crippen molar-refractivity contribution in [3.63, 3.8) is 0 Å². The predicted molar refractivity (Wildman–Crippen MR) is 73.8 cm³/mol. The van der Waals surface area contributed by atoms with E-state index in [-0.39, 0.29) is 5.82 Å². The van der Waals surface area contributed by atoms with Crippen LogP contribution in [0.4, 0.5) is 4.39 Å². The van der Waals surface area contributed by atoms with Crippen molar-refractivity contribution >= 4 is 27.3 Å². The minimum absolute atomic E-state index is 0.206. The van der Waals surface area contributed by atoms with Gasteiger partial charge in [-0.3, -0.25) is 0 Å². The van der Waals surface area contributed by atoms with Crippen LogP contribution in [0.15, 0.2) is 40.2 Å². The van der Waals surface area contributed by atoms with Crippen molar-refractivity contribution in [2.45, 2.75) is 13.0 Å². The van der Waals surface area contributed by atoms with Gasteiger partial charge >= 0.3 is 0 Å². The van der Waals surface area contributed by atoms with E-state index in [0.717, 1.165) is 18.5 Å². The van der Waals surface area contributed by atoms with E-state index in [2.05, 4.69) is 38.8 Å². The molecule has 0 amide bonds. The maximum atomic E-state index is 13.2. The first kappa shape index (κ1) is 12.7. The second kappa shape index (κ2) is 6.28. The van der Waals surface area contributed by atoms with Crippen molar-refractivity contribution < 1.29 is 4.39 Å². The second-order valence-corrected chi connectivity index (χ2v) is 5.54. The highest BCUT2D eigenvalue weighted by molar-refractivity contribution is 9.10. The number of thiophene rings is 1. The Hall–Kier alpha value is -0.710. The van der Waals surface area contributed by atoms with Gasteiger partial charge in [-0.2, -0.15) is 0 Å². The molecule has 0 aliphatic rings. The Bertz CT molecular complexity index is 470. The molecule has 0 unspecified atom stereocenters. The molecule has 17 heavy (non-hydrogen) atoms. The summed E-state index contributed by atoms with van der Waals surface area (Å²) in [4.78, 5) is 1.37. The highest BCUT2D eigenvalue weighted by Gasteiger charge is 2.04. The molecular formula is C13H13BrFNS. The molecule has 1 N–H and O–H groups in total. The lowest BCUT2D eigenvalue weighted by Crippen LogP contribution is -2.16. The van der Waals surface area contributed by atoms with E-state index in [4.69, 9.17) is 0 Å². The average Bonchev–Trinajstić information content (AvgIpc) is 2.83. The lowest BCUT2D eigenvalue weighted by atomic mass is 10.2. The molecule has 2 rings (SSSR count). The van der Waals surface area contributed by atoms with Crippen LogP contribution in [0.5, 0.6) is 0 Å². The topological polar surface area (TPSA) is 12.0 Å². The Labute approximate surface area is 113 Å². The van der Waals surface area contributed by atoms with Gasteiger partial charge < -0.3 is 5.32 Å². The van der Waals surface area contributed by atoms with Gasteiger partial charge in [0.05, 0.1) is 4.47 Å². The molecule has 1 heterocycles. The van der Waals surface area contributed by atoms with Gasteiger partial charge in [-0.1, -0.05) is 18.2 Å². The molecule has 2 aromatic rings. The molecule has 1 nitrogen and oxygen atoms in total. The monoisotopic (exact) mass is 313 g/mol. The molecular weight excluding hydrogens is 301 g/mol. The zero-order valence-electron chi connectivity index (χ0n) is 9.25. The van der Waals surface area contributed by atoms with Crippen LogP contribution < -0.4 is 5.32 Å². The molecule has 1 aromatic heterocycles. The standard InChI is InChI=1S/C13H13BrFNS/c14-13-10(3-1-5-12(13)15)9-16-7-6-11-4-2-8-17-11/h1-5,8,16H,6-7,9H2. The van der Waals surface area contributed by atoms with E-state index in [9.17, 15) is 4.39 Å². The molecule has 0 saturated carbocycles. The quantitative estimate of drug-likeness (QED) is 0.823. The van der Waals surface area contributed by atoms with Gasteiger partial charge in [0.15, 0.2) is 0 Å². The summed E-state index contributed by atoms with van der Waals surface area (Å²) in [5.41, 5.74) is 0.955. The number of nitrogens with one attached hydrogen (secondary N) is 1. The summed E-state index contributed by atoms with van der Waals surface area (Å²) >= 11 is 5.02. The minimum Gasteiger partial charge on any atom is -0.312 e. The first-order valence-corrected chi connectivity index (χ1v) is 7.10. The summed E-state index contributed by atoms with van der Waals surface area (Å²) in [6, 6.07) is 9.30. The number of benzene rings is 1. The zero-order valence-corrected chi connectivity index (χ0v) is 11.7. The van der Waals surface area contributed by atoms with Gasteiger partial charge in [-0.05, 0) is 45.4 Å². The lowest BCUT2D eigenvalue weighted by Gasteiger charge is -2.06. The Morgan fingerprint density at radius 2 is 2.12 bits per heavy atom. The highest BCUT2D eigenvalue weighted by atomic mass is 79.9. The molecule has 0 spiro atoms. The fraction of sp³-hybridized carbons (Fsp3) is 0.231. The van der Waals surface area contributed by atoms with Crippen LogP contribution in [-0.4, -0.2) is 6.54 Å². The highest BCUT2D eigenvalue weighted by Crippen LogP contribution is 2.20. The minimum atomic E-state index is -0.206. The maximum Gasteiger partial charge on any atom is 0.137 e. The summed E-state index contributed by atoms with van der Waals surface area (Å²) in [5.74, 6) is -0.206. The smallest absolute Gasteiger partial charge is 0.137 e. The third-order valence-electron chi connectivity index (χ3n) is 2.48.